The summed E-state index contributed by atoms with van der Waals surface area (Å²) in [6.45, 7) is 0. The highest BCUT2D eigenvalue weighted by molar-refractivity contribution is 7.92. The number of aliphatic hydroxyl groups excluding tert-OH is 1. The second-order valence-electron chi connectivity index (χ2n) is 10.0. The van der Waals surface area contributed by atoms with Crippen LogP contribution in [0.4, 0.5) is 18.9 Å². The van der Waals surface area contributed by atoms with E-state index in [2.05, 4.69) is 10.3 Å². The van der Waals surface area contributed by atoms with Gasteiger partial charge in [0.1, 0.15) is 17.5 Å². The Hall–Kier alpha value is -2.99. The van der Waals surface area contributed by atoms with Gasteiger partial charge in [-0.2, -0.15) is 0 Å². The lowest BCUT2D eigenvalue weighted by molar-refractivity contribution is -0.145. The number of anilines is 1. The van der Waals surface area contributed by atoms with Gasteiger partial charge in [-0.05, 0) is 80.0 Å². The van der Waals surface area contributed by atoms with Crippen molar-refractivity contribution in [2.75, 3.05) is 5.32 Å². The van der Waals surface area contributed by atoms with Crippen molar-refractivity contribution in [1.82, 2.24) is 4.98 Å². The molecule has 0 saturated heterocycles. The Balaban J connectivity index is 1.38. The second kappa shape index (κ2) is 10.2. The Labute approximate surface area is 227 Å². The molecule has 206 valence electrons. The van der Waals surface area contributed by atoms with Gasteiger partial charge in [-0.1, -0.05) is 11.6 Å². The number of pyridine rings is 1. The van der Waals surface area contributed by atoms with E-state index in [0.29, 0.717) is 12.8 Å². The summed E-state index contributed by atoms with van der Waals surface area (Å²) in [4.78, 5) is 16.4. The van der Waals surface area contributed by atoms with Crippen LogP contribution in [0.5, 0.6) is 0 Å². The van der Waals surface area contributed by atoms with Gasteiger partial charge in [0, 0.05) is 17.3 Å². The number of carbonyl (C=O) groups excluding carboxylic acids is 1. The lowest BCUT2D eigenvalue weighted by Gasteiger charge is -2.45. The molecule has 2 aliphatic rings. The summed E-state index contributed by atoms with van der Waals surface area (Å²) >= 11 is 6.26. The van der Waals surface area contributed by atoms with E-state index in [9.17, 15) is 36.6 Å². The number of aromatic nitrogens is 1. The van der Waals surface area contributed by atoms with Crippen LogP contribution >= 0.6 is 11.6 Å². The predicted molar refractivity (Wildman–Crippen MR) is 136 cm³/mol. The number of hydrogen-bond donors (Lipinski definition) is 3. The molecule has 3 aromatic rings. The van der Waals surface area contributed by atoms with Gasteiger partial charge in [0.25, 0.3) is 5.91 Å². The van der Waals surface area contributed by atoms with Crippen LogP contribution in [0, 0.1) is 29.3 Å². The minimum atomic E-state index is -4.09. The summed E-state index contributed by atoms with van der Waals surface area (Å²) < 4.78 is 67.5. The van der Waals surface area contributed by atoms with Gasteiger partial charge in [0.15, 0.2) is 21.5 Å². The normalized spacial score (nSPS) is 25.3. The minimum Gasteiger partial charge on any atom is -0.386 e. The van der Waals surface area contributed by atoms with E-state index in [4.69, 9.17) is 11.6 Å². The predicted octanol–water partition coefficient (Wildman–Crippen LogP) is 4.83. The van der Waals surface area contributed by atoms with Gasteiger partial charge in [0.2, 0.25) is 0 Å². The Morgan fingerprint density at radius 3 is 2.33 bits per heavy atom. The third kappa shape index (κ3) is 4.93. The van der Waals surface area contributed by atoms with E-state index in [1.54, 1.807) is 0 Å². The van der Waals surface area contributed by atoms with Crippen molar-refractivity contribution in [2.24, 2.45) is 11.8 Å². The first-order valence-corrected chi connectivity index (χ1v) is 14.2. The Bertz CT molecular complexity index is 1520. The SMILES string of the molecule is O=C(Nc1ccc(F)c(F)c1)c1ccc(Cl)c(S(=O)(=O)C2CC3CCC(C2)C3(O)C(O)c2ccc(F)cn2)c1. The fourth-order valence-corrected chi connectivity index (χ4v) is 8.25. The van der Waals surface area contributed by atoms with E-state index < -0.39 is 62.0 Å². The van der Waals surface area contributed by atoms with Crippen molar-refractivity contribution in [2.45, 2.75) is 47.5 Å². The number of sulfone groups is 1. The maximum atomic E-state index is 13.7. The molecule has 0 spiro atoms. The number of aliphatic hydroxyl groups is 2. The smallest absolute Gasteiger partial charge is 0.255 e. The van der Waals surface area contributed by atoms with Crippen LogP contribution in [0.25, 0.3) is 0 Å². The van der Waals surface area contributed by atoms with Crippen molar-refractivity contribution >= 4 is 33.0 Å². The molecule has 1 heterocycles. The third-order valence-electron chi connectivity index (χ3n) is 7.85. The lowest BCUT2D eigenvalue weighted by Crippen LogP contribution is -2.52. The third-order valence-corrected chi connectivity index (χ3v) is 10.5. The van der Waals surface area contributed by atoms with Crippen molar-refractivity contribution in [3.05, 3.63) is 88.5 Å². The molecule has 2 fully saturated rings. The topological polar surface area (TPSA) is 117 Å². The zero-order valence-corrected chi connectivity index (χ0v) is 21.9. The first-order valence-electron chi connectivity index (χ1n) is 12.2. The quantitative estimate of drug-likeness (QED) is 0.384. The number of nitrogens with one attached hydrogen (secondary N) is 1. The Morgan fingerprint density at radius 1 is 1.03 bits per heavy atom. The molecule has 0 radical (unpaired) electrons. The summed E-state index contributed by atoms with van der Waals surface area (Å²) in [6, 6.07) is 8.95. The first kappa shape index (κ1) is 27.6. The molecule has 3 N–H and O–H groups in total. The van der Waals surface area contributed by atoms with Crippen LogP contribution in [0.2, 0.25) is 5.02 Å². The second-order valence-corrected chi connectivity index (χ2v) is 12.6. The number of hydrogen-bond acceptors (Lipinski definition) is 6. The number of fused-ring (bicyclic) bond motifs is 2. The molecule has 2 saturated carbocycles. The van der Waals surface area contributed by atoms with Gasteiger partial charge in [0.05, 0.1) is 27.1 Å². The zero-order chi connectivity index (χ0) is 28.1. The van der Waals surface area contributed by atoms with E-state index in [1.165, 1.54) is 24.3 Å². The average Bonchev–Trinajstić information content (AvgIpc) is 3.06. The molecule has 5 rings (SSSR count). The summed E-state index contributed by atoms with van der Waals surface area (Å²) in [6.07, 6.45) is 0.555. The molecule has 12 heteroatoms. The summed E-state index contributed by atoms with van der Waals surface area (Å²) in [7, 11) is -4.09. The molecule has 7 nitrogen and oxygen atoms in total. The van der Waals surface area contributed by atoms with E-state index in [1.807, 2.05) is 0 Å². The van der Waals surface area contributed by atoms with Gasteiger partial charge < -0.3 is 15.5 Å². The summed E-state index contributed by atoms with van der Waals surface area (Å²) in [5, 5.41) is 23.9. The molecule has 1 amide bonds. The van der Waals surface area contributed by atoms with Crippen LogP contribution in [0.15, 0.2) is 59.6 Å². The highest BCUT2D eigenvalue weighted by Crippen LogP contribution is 2.56. The monoisotopic (exact) mass is 580 g/mol. The number of amides is 1. The zero-order valence-electron chi connectivity index (χ0n) is 20.3. The first-order chi connectivity index (χ1) is 18.4. The van der Waals surface area contributed by atoms with Crippen LogP contribution in [-0.2, 0) is 9.84 Å². The van der Waals surface area contributed by atoms with Gasteiger partial charge in [-0.15, -0.1) is 0 Å². The molecule has 0 aliphatic heterocycles. The fraction of sp³-hybridized carbons (Fsp3) is 0.333. The van der Waals surface area contributed by atoms with Crippen LogP contribution in [0.1, 0.15) is 47.8 Å². The number of carbonyl (C=O) groups is 1. The molecule has 3 atom stereocenters. The summed E-state index contributed by atoms with van der Waals surface area (Å²) in [5.74, 6) is -4.72. The number of nitrogens with zero attached hydrogens (tertiary/aromatic N) is 1. The van der Waals surface area contributed by atoms with Gasteiger partial charge in [-0.3, -0.25) is 9.78 Å². The van der Waals surface area contributed by atoms with E-state index in [0.717, 1.165) is 30.5 Å². The van der Waals surface area contributed by atoms with Crippen molar-refractivity contribution in [3.63, 3.8) is 0 Å². The molecule has 2 bridgehead atoms. The average molecular weight is 581 g/mol. The van der Waals surface area contributed by atoms with Crippen LogP contribution < -0.4 is 5.32 Å². The molecule has 1 aromatic heterocycles. The van der Waals surface area contributed by atoms with Crippen molar-refractivity contribution < 1.29 is 36.6 Å². The Kier molecular flexibility index (Phi) is 7.21. The highest BCUT2D eigenvalue weighted by Gasteiger charge is 2.59. The summed E-state index contributed by atoms with van der Waals surface area (Å²) in [5.41, 5.74) is -1.61. The largest absolute Gasteiger partial charge is 0.386 e. The molecule has 39 heavy (non-hydrogen) atoms. The molecule has 3 unspecified atom stereocenters. The maximum absolute atomic E-state index is 13.7. The van der Waals surface area contributed by atoms with E-state index >= 15 is 0 Å². The lowest BCUT2D eigenvalue weighted by atomic mass is 9.70. The number of rotatable bonds is 6. The standard InChI is InChI=1S/C27H24ClF3N2O5S/c28-20-6-1-14(26(35)33-18-5-7-21(30)22(31)12-18)9-24(20)39(37,38)19-10-15-2-3-16(11-19)27(15,36)25(34)23-8-4-17(29)13-32-23/h1,4-9,12-13,15-16,19,25,34,36H,2-3,10-11H2,(H,33,35). The van der Waals surface area contributed by atoms with Crippen molar-refractivity contribution in [3.8, 4) is 0 Å². The van der Waals surface area contributed by atoms with Crippen LogP contribution in [0.3, 0.4) is 0 Å². The van der Waals surface area contributed by atoms with E-state index in [-0.39, 0.29) is 39.7 Å². The minimum absolute atomic E-state index is 0.0180. The van der Waals surface area contributed by atoms with Gasteiger partial charge >= 0.3 is 0 Å². The highest BCUT2D eigenvalue weighted by atomic mass is 35.5. The van der Waals surface area contributed by atoms with Crippen LogP contribution in [-0.4, -0.2) is 40.4 Å². The fourth-order valence-electron chi connectivity index (χ4n) is 5.85. The maximum Gasteiger partial charge on any atom is 0.255 e. The Morgan fingerprint density at radius 2 is 1.72 bits per heavy atom. The van der Waals surface area contributed by atoms with Crippen molar-refractivity contribution in [1.29, 1.82) is 0 Å². The van der Waals surface area contributed by atoms with Gasteiger partial charge in [-0.25, -0.2) is 21.6 Å². The molecular formula is C27H24ClF3N2O5S. The number of benzene rings is 2. The molecule has 2 aliphatic carbocycles. The molecular weight excluding hydrogens is 557 g/mol. The number of halogens is 4. The molecule has 2 aromatic carbocycles.